The number of aromatic nitrogens is 1. The fourth-order valence-electron chi connectivity index (χ4n) is 4.50. The second-order valence-corrected chi connectivity index (χ2v) is 8.91. The van der Waals surface area contributed by atoms with Gasteiger partial charge in [0.25, 0.3) is 0 Å². The van der Waals surface area contributed by atoms with E-state index in [9.17, 15) is 9.90 Å². The van der Waals surface area contributed by atoms with Crippen molar-refractivity contribution in [3.8, 4) is 16.9 Å². The highest BCUT2D eigenvalue weighted by molar-refractivity contribution is 5.93. The van der Waals surface area contributed by atoms with Gasteiger partial charge in [-0.15, -0.1) is 0 Å². The molecule has 33 heavy (non-hydrogen) atoms. The molecule has 2 aromatic carbocycles. The second kappa shape index (κ2) is 9.63. The minimum Gasteiger partial charge on any atom is -0.491 e. The number of carboxylic acids is 1. The second-order valence-electron chi connectivity index (χ2n) is 8.91. The van der Waals surface area contributed by atoms with Crippen LogP contribution in [0.2, 0.25) is 0 Å². The summed E-state index contributed by atoms with van der Waals surface area (Å²) < 4.78 is 5.84. The third-order valence-corrected chi connectivity index (χ3v) is 6.19. The molecule has 2 heterocycles. The zero-order chi connectivity index (χ0) is 23.5. The number of nitrogens with zero attached hydrogens (tertiary/aromatic N) is 2. The van der Waals surface area contributed by atoms with Gasteiger partial charge in [0, 0.05) is 19.3 Å². The van der Waals surface area contributed by atoms with E-state index in [-0.39, 0.29) is 17.7 Å². The van der Waals surface area contributed by atoms with Gasteiger partial charge in [-0.05, 0) is 80.3 Å². The predicted molar refractivity (Wildman–Crippen MR) is 131 cm³/mol. The van der Waals surface area contributed by atoms with Crippen LogP contribution in [0.1, 0.15) is 46.9 Å². The molecule has 1 aliphatic heterocycles. The molecule has 2 N–H and O–H groups in total. The van der Waals surface area contributed by atoms with Gasteiger partial charge in [0.2, 0.25) is 0 Å². The first-order valence-electron chi connectivity index (χ1n) is 11.4. The van der Waals surface area contributed by atoms with Gasteiger partial charge in [-0.1, -0.05) is 24.3 Å². The Kier molecular flexibility index (Phi) is 6.65. The Labute approximate surface area is 195 Å². The number of benzene rings is 2. The van der Waals surface area contributed by atoms with E-state index in [0.717, 1.165) is 18.7 Å². The number of carboxylic acid groups (broad SMARTS) is 1. The summed E-state index contributed by atoms with van der Waals surface area (Å²) in [6.07, 6.45) is 4.21. The summed E-state index contributed by atoms with van der Waals surface area (Å²) in [5.74, 6) is -0.0600. The van der Waals surface area contributed by atoms with E-state index in [1.165, 1.54) is 40.1 Å². The molecule has 0 radical (unpaired) electrons. The van der Waals surface area contributed by atoms with Gasteiger partial charge in [0.05, 0.1) is 29.6 Å². The summed E-state index contributed by atoms with van der Waals surface area (Å²) in [6, 6.07) is 14.6. The lowest BCUT2D eigenvalue weighted by atomic mass is 9.89. The standard InChI is InChI=1S/C27H31N3O3/c1-17(2)33-21-6-8-22(18(3)13-21)19-5-7-23-20(14-19)10-12-30(4)26(23)16-29-25-15-28-11-9-24(25)27(31)32/h5-9,11,13-15,17,26,29H,10,12,16H2,1-4H3,(H,31,32)/t26-/m1/s1. The van der Waals surface area contributed by atoms with Crippen LogP contribution in [-0.2, 0) is 6.42 Å². The Hall–Kier alpha value is -3.38. The molecule has 0 bridgehead atoms. The van der Waals surface area contributed by atoms with E-state index in [1.807, 2.05) is 19.9 Å². The Morgan fingerprint density at radius 3 is 2.79 bits per heavy atom. The molecule has 0 unspecified atom stereocenters. The van der Waals surface area contributed by atoms with Gasteiger partial charge in [-0.2, -0.15) is 0 Å². The van der Waals surface area contributed by atoms with Gasteiger partial charge < -0.3 is 15.2 Å². The maximum Gasteiger partial charge on any atom is 0.337 e. The summed E-state index contributed by atoms with van der Waals surface area (Å²) in [5, 5.41) is 12.8. The lowest BCUT2D eigenvalue weighted by molar-refractivity contribution is 0.0697. The fourth-order valence-corrected chi connectivity index (χ4v) is 4.50. The van der Waals surface area contributed by atoms with Crippen LogP contribution in [0.3, 0.4) is 0 Å². The third-order valence-electron chi connectivity index (χ3n) is 6.19. The first kappa shape index (κ1) is 22.8. The smallest absolute Gasteiger partial charge is 0.337 e. The summed E-state index contributed by atoms with van der Waals surface area (Å²) in [4.78, 5) is 17.9. The molecule has 1 aliphatic rings. The highest BCUT2D eigenvalue weighted by Gasteiger charge is 2.25. The predicted octanol–water partition coefficient (Wildman–Crippen LogP) is 5.18. The number of rotatable bonds is 7. The third kappa shape index (κ3) is 5.01. The molecule has 0 saturated heterocycles. The number of aromatic carboxylic acids is 1. The largest absolute Gasteiger partial charge is 0.491 e. The normalized spacial score (nSPS) is 15.8. The van der Waals surface area contributed by atoms with Gasteiger partial charge in [-0.3, -0.25) is 9.88 Å². The van der Waals surface area contributed by atoms with Crippen LogP contribution >= 0.6 is 0 Å². The zero-order valence-electron chi connectivity index (χ0n) is 19.6. The van der Waals surface area contributed by atoms with Gasteiger partial charge >= 0.3 is 5.97 Å². The topological polar surface area (TPSA) is 74.7 Å². The molecule has 0 aliphatic carbocycles. The number of fused-ring (bicyclic) bond motifs is 1. The molecule has 1 atom stereocenters. The van der Waals surface area contributed by atoms with Crippen molar-refractivity contribution in [2.24, 2.45) is 0 Å². The summed E-state index contributed by atoms with van der Waals surface area (Å²) in [5.41, 5.74) is 7.00. The summed E-state index contributed by atoms with van der Waals surface area (Å²) in [6.45, 7) is 7.74. The number of pyridine rings is 1. The molecule has 3 aromatic rings. The Balaban J connectivity index is 1.58. The van der Waals surface area contributed by atoms with Gasteiger partial charge in [-0.25, -0.2) is 4.79 Å². The van der Waals surface area contributed by atoms with E-state index in [1.54, 1.807) is 6.20 Å². The van der Waals surface area contributed by atoms with E-state index < -0.39 is 5.97 Å². The van der Waals surface area contributed by atoms with Crippen molar-refractivity contribution in [1.82, 2.24) is 9.88 Å². The Morgan fingerprint density at radius 2 is 2.06 bits per heavy atom. The quantitative estimate of drug-likeness (QED) is 0.522. The first-order chi connectivity index (χ1) is 15.8. The average Bonchev–Trinajstić information content (AvgIpc) is 2.78. The van der Waals surface area contributed by atoms with Crippen molar-refractivity contribution in [1.29, 1.82) is 0 Å². The minimum atomic E-state index is -0.956. The number of ether oxygens (including phenoxy) is 1. The SMILES string of the molecule is Cc1cc(OC(C)C)ccc1-c1ccc2c(c1)CCN(C)[C@@H]2CNc1cnccc1C(=O)O. The molecule has 172 valence electrons. The van der Waals surface area contributed by atoms with Crippen molar-refractivity contribution < 1.29 is 14.6 Å². The first-order valence-corrected chi connectivity index (χ1v) is 11.4. The number of carbonyl (C=O) groups is 1. The van der Waals surface area contributed by atoms with Crippen LogP contribution in [-0.4, -0.2) is 47.2 Å². The van der Waals surface area contributed by atoms with E-state index >= 15 is 0 Å². The highest BCUT2D eigenvalue weighted by atomic mass is 16.5. The minimum absolute atomic E-state index is 0.146. The maximum absolute atomic E-state index is 11.5. The van der Waals surface area contributed by atoms with Crippen LogP contribution in [0.4, 0.5) is 5.69 Å². The Morgan fingerprint density at radius 1 is 1.24 bits per heavy atom. The molecular weight excluding hydrogens is 414 g/mol. The van der Waals surface area contributed by atoms with E-state index in [0.29, 0.717) is 12.2 Å². The molecule has 6 nitrogen and oxygen atoms in total. The van der Waals surface area contributed by atoms with Crippen molar-refractivity contribution in [3.05, 3.63) is 77.1 Å². The Bertz CT molecular complexity index is 1160. The zero-order valence-corrected chi connectivity index (χ0v) is 19.6. The van der Waals surface area contributed by atoms with Crippen LogP contribution in [0, 0.1) is 6.92 Å². The summed E-state index contributed by atoms with van der Waals surface area (Å²) >= 11 is 0. The van der Waals surface area contributed by atoms with E-state index in [4.69, 9.17) is 4.74 Å². The van der Waals surface area contributed by atoms with Crippen LogP contribution in [0.5, 0.6) is 5.75 Å². The number of nitrogens with one attached hydrogen (secondary N) is 1. The number of likely N-dealkylation sites (N-methyl/N-ethyl adjacent to an activating group) is 1. The highest BCUT2D eigenvalue weighted by Crippen LogP contribution is 2.34. The summed E-state index contributed by atoms with van der Waals surface area (Å²) in [7, 11) is 2.11. The van der Waals surface area contributed by atoms with Crippen molar-refractivity contribution in [3.63, 3.8) is 0 Å². The van der Waals surface area contributed by atoms with Crippen LogP contribution < -0.4 is 10.1 Å². The van der Waals surface area contributed by atoms with Gasteiger partial charge in [0.15, 0.2) is 0 Å². The molecular formula is C27H31N3O3. The fraction of sp³-hybridized carbons (Fsp3) is 0.333. The van der Waals surface area contributed by atoms with Crippen LogP contribution in [0.25, 0.3) is 11.1 Å². The van der Waals surface area contributed by atoms with Gasteiger partial charge in [0.1, 0.15) is 5.75 Å². The molecule has 6 heteroatoms. The average molecular weight is 446 g/mol. The molecule has 0 fully saturated rings. The lowest BCUT2D eigenvalue weighted by Crippen LogP contribution is -2.36. The molecule has 0 spiro atoms. The lowest BCUT2D eigenvalue weighted by Gasteiger charge is -2.35. The number of hydrogen-bond acceptors (Lipinski definition) is 5. The molecule has 0 saturated carbocycles. The monoisotopic (exact) mass is 445 g/mol. The number of hydrogen-bond donors (Lipinski definition) is 2. The van der Waals surface area contributed by atoms with Crippen LogP contribution in [0.15, 0.2) is 54.9 Å². The number of anilines is 1. The van der Waals surface area contributed by atoms with Crippen molar-refractivity contribution in [2.75, 3.05) is 25.5 Å². The molecule has 0 amide bonds. The van der Waals surface area contributed by atoms with E-state index in [2.05, 4.69) is 59.5 Å². The number of aryl methyl sites for hydroxylation is 1. The molecule has 1 aromatic heterocycles. The van der Waals surface area contributed by atoms with Crippen molar-refractivity contribution in [2.45, 2.75) is 39.3 Å². The molecule has 4 rings (SSSR count). The van der Waals surface area contributed by atoms with Crippen molar-refractivity contribution >= 4 is 11.7 Å². The maximum atomic E-state index is 11.5.